The Morgan fingerprint density at radius 1 is 1.39 bits per heavy atom. The van der Waals surface area contributed by atoms with Crippen molar-refractivity contribution in [2.75, 3.05) is 13.1 Å². The monoisotopic (exact) mass is 333 g/mol. The van der Waals surface area contributed by atoms with Crippen LogP contribution in [0.25, 0.3) is 0 Å². The van der Waals surface area contributed by atoms with E-state index in [0.29, 0.717) is 11.7 Å². The van der Waals surface area contributed by atoms with Crippen LogP contribution in [0.5, 0.6) is 0 Å². The number of hydrogen-bond donors (Lipinski definition) is 0. The van der Waals surface area contributed by atoms with Crippen LogP contribution < -0.4 is 0 Å². The predicted octanol–water partition coefficient (Wildman–Crippen LogP) is 2.97. The molecule has 1 unspecified atom stereocenters. The number of nitrogens with zero attached hydrogens (tertiary/aromatic N) is 3. The van der Waals surface area contributed by atoms with Crippen molar-refractivity contribution in [1.29, 1.82) is 0 Å². The van der Waals surface area contributed by atoms with Gasteiger partial charge in [-0.15, -0.1) is 0 Å². The van der Waals surface area contributed by atoms with Gasteiger partial charge < -0.3 is 14.2 Å². The summed E-state index contributed by atoms with van der Waals surface area (Å²) in [7, 11) is 0. The first kappa shape index (κ1) is 14.8. The second-order valence-electron chi connectivity index (χ2n) is 6.31. The van der Waals surface area contributed by atoms with Gasteiger partial charge in [0.1, 0.15) is 6.10 Å². The van der Waals surface area contributed by atoms with Gasteiger partial charge in [0.25, 0.3) is 11.8 Å². The fourth-order valence-corrected chi connectivity index (χ4v) is 4.12. The molecular formula is C16H19N3O3S. The van der Waals surface area contributed by atoms with E-state index in [0.717, 1.165) is 44.3 Å². The number of carbonyl (C=O) groups is 1. The van der Waals surface area contributed by atoms with Crippen LogP contribution in [0, 0.1) is 6.92 Å². The average molecular weight is 333 g/mol. The molecule has 6 nitrogen and oxygen atoms in total. The molecule has 23 heavy (non-hydrogen) atoms. The summed E-state index contributed by atoms with van der Waals surface area (Å²) in [6.45, 7) is 3.29. The van der Waals surface area contributed by atoms with Crippen molar-refractivity contribution >= 4 is 17.2 Å². The lowest BCUT2D eigenvalue weighted by Gasteiger charge is -2.38. The molecule has 0 aliphatic carbocycles. The largest absolute Gasteiger partial charge is 0.362 e. The summed E-state index contributed by atoms with van der Waals surface area (Å²) in [5.74, 6) is 1.35. The highest BCUT2D eigenvalue weighted by Crippen LogP contribution is 2.44. The van der Waals surface area contributed by atoms with Crippen LogP contribution in [0.4, 0.5) is 0 Å². The maximum Gasteiger partial charge on any atom is 0.255 e. The SMILES string of the molecule is Cc1noc(C2CCC3(CCN(C(=O)c4ccsc4)CC3)O2)n1. The van der Waals surface area contributed by atoms with Crippen molar-refractivity contribution in [1.82, 2.24) is 15.0 Å². The fraction of sp³-hybridized carbons (Fsp3) is 0.562. The maximum absolute atomic E-state index is 12.4. The van der Waals surface area contributed by atoms with Crippen molar-refractivity contribution in [3.05, 3.63) is 34.1 Å². The van der Waals surface area contributed by atoms with E-state index in [4.69, 9.17) is 9.26 Å². The molecule has 1 atom stereocenters. The maximum atomic E-state index is 12.4. The van der Waals surface area contributed by atoms with Crippen LogP contribution in [-0.4, -0.2) is 39.6 Å². The van der Waals surface area contributed by atoms with Gasteiger partial charge >= 0.3 is 0 Å². The molecule has 4 rings (SSSR count). The van der Waals surface area contributed by atoms with Crippen LogP contribution in [0.15, 0.2) is 21.3 Å². The number of likely N-dealkylation sites (tertiary alicyclic amines) is 1. The number of aryl methyl sites for hydroxylation is 1. The van der Waals surface area contributed by atoms with Crippen molar-refractivity contribution in [2.45, 2.75) is 44.3 Å². The van der Waals surface area contributed by atoms with Crippen LogP contribution in [0.1, 0.15) is 53.9 Å². The van der Waals surface area contributed by atoms with Gasteiger partial charge in [0.15, 0.2) is 5.82 Å². The molecule has 4 heterocycles. The number of aromatic nitrogens is 2. The second kappa shape index (κ2) is 5.72. The van der Waals surface area contributed by atoms with E-state index in [2.05, 4.69) is 10.1 Å². The number of rotatable bonds is 2. The van der Waals surface area contributed by atoms with Gasteiger partial charge in [0.2, 0.25) is 0 Å². The van der Waals surface area contributed by atoms with Gasteiger partial charge in [0, 0.05) is 18.5 Å². The smallest absolute Gasteiger partial charge is 0.255 e. The molecule has 2 saturated heterocycles. The zero-order chi connectivity index (χ0) is 15.9. The molecule has 0 saturated carbocycles. The van der Waals surface area contributed by atoms with Crippen molar-refractivity contribution < 1.29 is 14.1 Å². The second-order valence-corrected chi connectivity index (χ2v) is 7.09. The number of ether oxygens (including phenoxy) is 1. The Hall–Kier alpha value is -1.73. The molecular weight excluding hydrogens is 314 g/mol. The minimum absolute atomic E-state index is 0.102. The molecule has 0 N–H and O–H groups in total. The third kappa shape index (κ3) is 2.79. The third-order valence-corrected chi connectivity index (χ3v) is 5.49. The summed E-state index contributed by atoms with van der Waals surface area (Å²) in [5, 5.41) is 7.69. The number of thiophene rings is 1. The lowest BCUT2D eigenvalue weighted by Crippen LogP contribution is -2.46. The summed E-state index contributed by atoms with van der Waals surface area (Å²) in [4.78, 5) is 18.6. The number of carbonyl (C=O) groups excluding carboxylic acids is 1. The molecule has 2 aromatic heterocycles. The van der Waals surface area contributed by atoms with E-state index in [1.165, 1.54) is 0 Å². The molecule has 2 fully saturated rings. The minimum atomic E-state index is -0.140. The fourth-order valence-electron chi connectivity index (χ4n) is 3.49. The number of hydrogen-bond acceptors (Lipinski definition) is 6. The molecule has 2 aromatic rings. The Morgan fingerprint density at radius 3 is 2.87 bits per heavy atom. The molecule has 0 radical (unpaired) electrons. The Balaban J connectivity index is 1.39. The average Bonchev–Trinajstić information content (AvgIpc) is 3.28. The Bertz CT molecular complexity index is 689. The normalized spacial score (nSPS) is 23.5. The van der Waals surface area contributed by atoms with E-state index >= 15 is 0 Å². The molecule has 0 aromatic carbocycles. The topological polar surface area (TPSA) is 68.5 Å². The summed E-state index contributed by atoms with van der Waals surface area (Å²) >= 11 is 1.56. The minimum Gasteiger partial charge on any atom is -0.362 e. The van der Waals surface area contributed by atoms with Gasteiger partial charge in [-0.3, -0.25) is 4.79 Å². The highest BCUT2D eigenvalue weighted by atomic mass is 32.1. The highest BCUT2D eigenvalue weighted by Gasteiger charge is 2.45. The predicted molar refractivity (Wildman–Crippen MR) is 84.3 cm³/mol. The van der Waals surface area contributed by atoms with Gasteiger partial charge in [-0.1, -0.05) is 5.16 Å². The zero-order valence-electron chi connectivity index (χ0n) is 13.0. The van der Waals surface area contributed by atoms with Gasteiger partial charge in [-0.25, -0.2) is 0 Å². The Kier molecular flexibility index (Phi) is 3.69. The molecule has 7 heteroatoms. The van der Waals surface area contributed by atoms with E-state index < -0.39 is 0 Å². The number of amides is 1. The highest BCUT2D eigenvalue weighted by molar-refractivity contribution is 7.08. The lowest BCUT2D eigenvalue weighted by molar-refractivity contribution is -0.0820. The summed E-state index contributed by atoms with van der Waals surface area (Å²) in [6.07, 6.45) is 3.52. The van der Waals surface area contributed by atoms with Crippen LogP contribution >= 0.6 is 11.3 Å². The first-order valence-electron chi connectivity index (χ1n) is 7.95. The van der Waals surface area contributed by atoms with Crippen molar-refractivity contribution in [2.24, 2.45) is 0 Å². The molecule has 2 aliphatic rings. The van der Waals surface area contributed by atoms with Crippen LogP contribution in [0.2, 0.25) is 0 Å². The van der Waals surface area contributed by atoms with Crippen molar-refractivity contribution in [3.63, 3.8) is 0 Å². The number of piperidine rings is 1. The van der Waals surface area contributed by atoms with E-state index in [1.807, 2.05) is 28.7 Å². The van der Waals surface area contributed by atoms with Crippen molar-refractivity contribution in [3.8, 4) is 0 Å². The summed E-state index contributed by atoms with van der Waals surface area (Å²) < 4.78 is 11.5. The standard InChI is InChI=1S/C16H19N3O3S/c1-11-17-14(22-18-11)13-2-4-16(21-13)5-7-19(8-6-16)15(20)12-3-9-23-10-12/h3,9-10,13H,2,4-8H2,1H3. The molecule has 2 aliphatic heterocycles. The Morgan fingerprint density at radius 2 is 2.22 bits per heavy atom. The van der Waals surface area contributed by atoms with Gasteiger partial charge in [-0.05, 0) is 44.1 Å². The van der Waals surface area contributed by atoms with Gasteiger partial charge in [-0.2, -0.15) is 16.3 Å². The summed E-state index contributed by atoms with van der Waals surface area (Å²) in [5.41, 5.74) is 0.649. The van der Waals surface area contributed by atoms with E-state index in [-0.39, 0.29) is 17.6 Å². The third-order valence-electron chi connectivity index (χ3n) is 4.80. The van der Waals surface area contributed by atoms with Crippen LogP contribution in [0.3, 0.4) is 0 Å². The zero-order valence-corrected chi connectivity index (χ0v) is 13.8. The molecule has 0 bridgehead atoms. The molecule has 122 valence electrons. The first-order valence-corrected chi connectivity index (χ1v) is 8.89. The van der Waals surface area contributed by atoms with E-state index in [9.17, 15) is 4.79 Å². The molecule has 1 spiro atoms. The Labute approximate surface area is 138 Å². The lowest BCUT2D eigenvalue weighted by atomic mass is 9.88. The van der Waals surface area contributed by atoms with Gasteiger partial charge in [0.05, 0.1) is 11.2 Å². The first-order chi connectivity index (χ1) is 11.2. The summed E-state index contributed by atoms with van der Waals surface area (Å²) in [6, 6.07) is 1.89. The molecule has 1 amide bonds. The van der Waals surface area contributed by atoms with E-state index in [1.54, 1.807) is 11.3 Å². The quantitative estimate of drug-likeness (QED) is 0.845. The van der Waals surface area contributed by atoms with Crippen LogP contribution in [-0.2, 0) is 4.74 Å².